The van der Waals surface area contributed by atoms with E-state index in [1.165, 1.54) is 17.7 Å². The van der Waals surface area contributed by atoms with Crippen molar-refractivity contribution < 1.29 is 4.39 Å². The maximum Gasteiger partial charge on any atom is 0.191 e. The molecule has 1 aliphatic heterocycles. The Morgan fingerprint density at radius 2 is 1.73 bits per heavy atom. The number of halogens is 1. The van der Waals surface area contributed by atoms with Crippen molar-refractivity contribution in [2.24, 2.45) is 4.99 Å². The van der Waals surface area contributed by atoms with Gasteiger partial charge in [0.15, 0.2) is 5.96 Å². The van der Waals surface area contributed by atoms with E-state index in [0.717, 1.165) is 44.0 Å². The molecule has 0 aliphatic carbocycles. The molecule has 0 unspecified atom stereocenters. The van der Waals surface area contributed by atoms with Crippen LogP contribution in [0.1, 0.15) is 24.0 Å². The Balaban J connectivity index is 1.41. The predicted octanol–water partition coefficient (Wildman–Crippen LogP) is 3.16. The van der Waals surface area contributed by atoms with Crippen LogP contribution in [-0.2, 0) is 13.1 Å². The molecule has 1 fully saturated rings. The summed E-state index contributed by atoms with van der Waals surface area (Å²) in [6.07, 6.45) is 2.20. The molecule has 0 atom stereocenters. The average Bonchev–Trinajstić information content (AvgIpc) is 2.68. The van der Waals surface area contributed by atoms with Gasteiger partial charge in [0, 0.05) is 39.3 Å². The molecule has 4 nitrogen and oxygen atoms in total. The summed E-state index contributed by atoms with van der Waals surface area (Å²) in [6, 6.07) is 17.6. The number of nitrogens with zero attached hydrogens (tertiary/aromatic N) is 2. The van der Waals surface area contributed by atoms with Crippen LogP contribution in [-0.4, -0.2) is 37.0 Å². The minimum absolute atomic E-state index is 0.210. The zero-order valence-electron chi connectivity index (χ0n) is 15.3. The highest BCUT2D eigenvalue weighted by Crippen LogP contribution is 2.13. The first kappa shape index (κ1) is 18.4. The van der Waals surface area contributed by atoms with E-state index in [1.54, 1.807) is 19.2 Å². The van der Waals surface area contributed by atoms with Gasteiger partial charge in [-0.1, -0.05) is 42.5 Å². The maximum atomic E-state index is 13.0. The first-order chi connectivity index (χ1) is 12.7. The molecule has 1 aliphatic rings. The van der Waals surface area contributed by atoms with Crippen molar-refractivity contribution in [3.05, 3.63) is 71.5 Å². The van der Waals surface area contributed by atoms with Gasteiger partial charge in [-0.15, -0.1) is 0 Å². The van der Waals surface area contributed by atoms with Gasteiger partial charge in [-0.05, 0) is 36.1 Å². The van der Waals surface area contributed by atoms with E-state index >= 15 is 0 Å². The number of piperidine rings is 1. The summed E-state index contributed by atoms with van der Waals surface area (Å²) in [4.78, 5) is 6.81. The molecule has 0 amide bonds. The molecule has 3 rings (SSSR count). The van der Waals surface area contributed by atoms with Crippen LogP contribution in [0.2, 0.25) is 0 Å². The number of hydrogen-bond donors (Lipinski definition) is 2. The molecule has 0 saturated carbocycles. The summed E-state index contributed by atoms with van der Waals surface area (Å²) >= 11 is 0. The monoisotopic (exact) mass is 354 g/mol. The Labute approximate surface area is 155 Å². The minimum Gasteiger partial charge on any atom is -0.354 e. The van der Waals surface area contributed by atoms with Gasteiger partial charge in [-0.3, -0.25) is 9.89 Å². The molecule has 2 N–H and O–H groups in total. The third-order valence-electron chi connectivity index (χ3n) is 4.77. The van der Waals surface area contributed by atoms with Crippen molar-refractivity contribution in [2.75, 3.05) is 20.1 Å². The van der Waals surface area contributed by atoms with Crippen LogP contribution >= 0.6 is 0 Å². The minimum atomic E-state index is -0.210. The number of likely N-dealkylation sites (tertiary alicyclic amines) is 1. The fourth-order valence-electron chi connectivity index (χ4n) is 3.25. The van der Waals surface area contributed by atoms with Crippen LogP contribution in [0.3, 0.4) is 0 Å². The molecule has 0 spiro atoms. The lowest BCUT2D eigenvalue weighted by Crippen LogP contribution is -2.48. The van der Waals surface area contributed by atoms with Gasteiger partial charge in [0.2, 0.25) is 0 Å². The zero-order chi connectivity index (χ0) is 18.2. The molecule has 2 aromatic rings. The third-order valence-corrected chi connectivity index (χ3v) is 4.77. The van der Waals surface area contributed by atoms with E-state index in [2.05, 4.69) is 50.9 Å². The molecule has 0 radical (unpaired) electrons. The predicted molar refractivity (Wildman–Crippen MR) is 104 cm³/mol. The first-order valence-corrected chi connectivity index (χ1v) is 9.21. The summed E-state index contributed by atoms with van der Waals surface area (Å²) in [7, 11) is 1.78. The second kappa shape index (κ2) is 9.34. The van der Waals surface area contributed by atoms with E-state index < -0.39 is 0 Å². The lowest BCUT2D eigenvalue weighted by Gasteiger charge is -2.33. The van der Waals surface area contributed by atoms with Gasteiger partial charge in [0.05, 0.1) is 0 Å². The fourth-order valence-corrected chi connectivity index (χ4v) is 3.25. The lowest BCUT2D eigenvalue weighted by atomic mass is 10.0. The van der Waals surface area contributed by atoms with Gasteiger partial charge in [-0.2, -0.15) is 0 Å². The number of hydrogen-bond acceptors (Lipinski definition) is 2. The molecule has 0 bridgehead atoms. The highest BCUT2D eigenvalue weighted by Gasteiger charge is 2.19. The summed E-state index contributed by atoms with van der Waals surface area (Å²) < 4.78 is 13.0. The number of rotatable bonds is 5. The molecule has 1 heterocycles. The van der Waals surface area contributed by atoms with E-state index in [0.29, 0.717) is 12.6 Å². The van der Waals surface area contributed by atoms with Crippen molar-refractivity contribution in [3.8, 4) is 0 Å². The Morgan fingerprint density at radius 1 is 1.04 bits per heavy atom. The van der Waals surface area contributed by atoms with Gasteiger partial charge in [0.25, 0.3) is 0 Å². The topological polar surface area (TPSA) is 39.7 Å². The summed E-state index contributed by atoms with van der Waals surface area (Å²) in [5, 5.41) is 6.82. The van der Waals surface area contributed by atoms with Gasteiger partial charge < -0.3 is 10.6 Å². The molecule has 0 aromatic heterocycles. The van der Waals surface area contributed by atoms with Crippen molar-refractivity contribution in [1.82, 2.24) is 15.5 Å². The van der Waals surface area contributed by atoms with E-state index in [9.17, 15) is 4.39 Å². The van der Waals surface area contributed by atoms with Gasteiger partial charge in [-0.25, -0.2) is 4.39 Å². The molecule has 26 heavy (non-hydrogen) atoms. The number of aliphatic imine (C=N–C) groups is 1. The van der Waals surface area contributed by atoms with Gasteiger partial charge in [0.1, 0.15) is 5.82 Å². The maximum absolute atomic E-state index is 13.0. The fraction of sp³-hybridized carbons (Fsp3) is 0.381. The Bertz CT molecular complexity index is 692. The zero-order valence-corrected chi connectivity index (χ0v) is 15.3. The number of benzene rings is 2. The molecule has 138 valence electrons. The second-order valence-corrected chi connectivity index (χ2v) is 6.73. The standard InChI is InChI=1S/C21H27FN4/c1-23-21(24-15-17-7-9-19(22)10-8-17)25-20-11-13-26(14-12-20)16-18-5-3-2-4-6-18/h2-10,20H,11-16H2,1H3,(H2,23,24,25). The molecule has 2 aromatic carbocycles. The highest BCUT2D eigenvalue weighted by atomic mass is 19.1. The summed E-state index contributed by atoms with van der Waals surface area (Å²) in [5.41, 5.74) is 2.41. The van der Waals surface area contributed by atoms with Crippen molar-refractivity contribution in [2.45, 2.75) is 32.0 Å². The van der Waals surface area contributed by atoms with Crippen LogP contribution < -0.4 is 10.6 Å². The number of guanidine groups is 1. The van der Waals surface area contributed by atoms with Crippen LogP contribution in [0.25, 0.3) is 0 Å². The van der Waals surface area contributed by atoms with Crippen LogP contribution in [0, 0.1) is 5.82 Å². The van der Waals surface area contributed by atoms with Crippen molar-refractivity contribution >= 4 is 5.96 Å². The molecular formula is C21H27FN4. The smallest absolute Gasteiger partial charge is 0.191 e. The van der Waals surface area contributed by atoms with Gasteiger partial charge >= 0.3 is 0 Å². The van der Waals surface area contributed by atoms with Crippen molar-refractivity contribution in [1.29, 1.82) is 0 Å². The Morgan fingerprint density at radius 3 is 2.38 bits per heavy atom. The molecular weight excluding hydrogens is 327 g/mol. The molecule has 5 heteroatoms. The Kier molecular flexibility index (Phi) is 6.61. The average molecular weight is 354 g/mol. The normalized spacial score (nSPS) is 16.5. The quantitative estimate of drug-likeness (QED) is 0.640. The van der Waals surface area contributed by atoms with E-state index in [-0.39, 0.29) is 5.82 Å². The third kappa shape index (κ3) is 5.56. The van der Waals surface area contributed by atoms with Crippen LogP contribution in [0.15, 0.2) is 59.6 Å². The summed E-state index contributed by atoms with van der Waals surface area (Å²) in [5.74, 6) is 0.592. The van der Waals surface area contributed by atoms with Crippen molar-refractivity contribution in [3.63, 3.8) is 0 Å². The van der Waals surface area contributed by atoms with E-state index in [1.807, 2.05) is 0 Å². The van der Waals surface area contributed by atoms with Crippen LogP contribution in [0.5, 0.6) is 0 Å². The van der Waals surface area contributed by atoms with E-state index in [4.69, 9.17) is 0 Å². The molecule has 1 saturated heterocycles. The number of nitrogens with one attached hydrogen (secondary N) is 2. The summed E-state index contributed by atoms with van der Waals surface area (Å²) in [6.45, 7) is 3.82. The lowest BCUT2D eigenvalue weighted by molar-refractivity contribution is 0.198. The highest BCUT2D eigenvalue weighted by molar-refractivity contribution is 5.79. The SMILES string of the molecule is CN=C(NCc1ccc(F)cc1)NC1CCN(Cc2ccccc2)CC1. The van der Waals surface area contributed by atoms with Crippen LogP contribution in [0.4, 0.5) is 4.39 Å². The Hall–Kier alpha value is -2.40. The first-order valence-electron chi connectivity index (χ1n) is 9.21. The second-order valence-electron chi connectivity index (χ2n) is 6.73. The largest absolute Gasteiger partial charge is 0.354 e.